The first-order valence-corrected chi connectivity index (χ1v) is 14.7. The Kier molecular flexibility index (Phi) is 11.7. The fourth-order valence-electron chi connectivity index (χ4n) is 3.97. The first-order valence-electron chi connectivity index (χ1n) is 12.5. The summed E-state index contributed by atoms with van der Waals surface area (Å²) >= 11 is 6.02. The van der Waals surface area contributed by atoms with E-state index in [0.29, 0.717) is 22.9 Å². The highest BCUT2D eigenvalue weighted by Crippen LogP contribution is 2.30. The standard InChI is InChI=1S/C27H38ClN3O5S/c1-6-20(3)29-27(33)23(7-2)30(19-21-14-16-22(28)17-15-21)26(32)13-10-18-31(37(5,34)35)24-11-8-9-12-25(24)36-4/h8-9,11-12,14-17,20,23H,6-7,10,13,18-19H2,1-5H3,(H,29,33). The van der Waals surface area contributed by atoms with Crippen molar-refractivity contribution in [3.63, 3.8) is 0 Å². The topological polar surface area (TPSA) is 96.0 Å². The average Bonchev–Trinajstić information content (AvgIpc) is 2.86. The molecule has 0 saturated carbocycles. The van der Waals surface area contributed by atoms with Gasteiger partial charge in [-0.05, 0) is 56.0 Å². The van der Waals surface area contributed by atoms with Gasteiger partial charge in [-0.25, -0.2) is 8.42 Å². The molecule has 2 amide bonds. The maximum Gasteiger partial charge on any atom is 0.243 e. The van der Waals surface area contributed by atoms with Crippen LogP contribution in [-0.4, -0.2) is 57.1 Å². The Balaban J connectivity index is 2.24. The molecule has 2 aromatic rings. The molecular weight excluding hydrogens is 514 g/mol. The van der Waals surface area contributed by atoms with Crippen LogP contribution in [0.15, 0.2) is 48.5 Å². The van der Waals surface area contributed by atoms with Crippen LogP contribution >= 0.6 is 11.6 Å². The molecule has 8 nitrogen and oxygen atoms in total. The zero-order chi connectivity index (χ0) is 27.6. The minimum absolute atomic E-state index is 0.0156. The number of amides is 2. The molecule has 2 rings (SSSR count). The average molecular weight is 552 g/mol. The maximum absolute atomic E-state index is 13.5. The number of hydrogen-bond donors (Lipinski definition) is 1. The Hall–Kier alpha value is -2.78. The van der Waals surface area contributed by atoms with Gasteiger partial charge in [0.25, 0.3) is 0 Å². The zero-order valence-corrected chi connectivity index (χ0v) is 23.8. The Labute approximate surface area is 226 Å². The molecule has 0 aliphatic heterocycles. The predicted octanol–water partition coefficient (Wildman–Crippen LogP) is 4.62. The molecule has 2 atom stereocenters. The molecule has 0 spiro atoms. The van der Waals surface area contributed by atoms with E-state index < -0.39 is 16.1 Å². The number of ether oxygens (including phenoxy) is 1. The van der Waals surface area contributed by atoms with Crippen molar-refractivity contribution < 1.29 is 22.7 Å². The number of carbonyl (C=O) groups is 2. The van der Waals surface area contributed by atoms with E-state index >= 15 is 0 Å². The number of hydrogen-bond acceptors (Lipinski definition) is 5. The molecule has 10 heteroatoms. The number of rotatable bonds is 14. The SMILES string of the molecule is CCC(C)NC(=O)C(CC)N(Cc1ccc(Cl)cc1)C(=O)CCCN(c1ccccc1OC)S(C)(=O)=O. The van der Waals surface area contributed by atoms with Gasteiger partial charge in [0.15, 0.2) is 0 Å². The van der Waals surface area contributed by atoms with E-state index in [1.807, 2.05) is 32.9 Å². The molecule has 0 aliphatic carbocycles. The smallest absolute Gasteiger partial charge is 0.243 e. The van der Waals surface area contributed by atoms with Crippen LogP contribution in [0.4, 0.5) is 5.69 Å². The monoisotopic (exact) mass is 551 g/mol. The summed E-state index contributed by atoms with van der Waals surface area (Å²) in [7, 11) is -2.14. The number of carbonyl (C=O) groups excluding carboxylic acids is 2. The van der Waals surface area contributed by atoms with Crippen molar-refractivity contribution in [1.82, 2.24) is 10.2 Å². The highest BCUT2D eigenvalue weighted by molar-refractivity contribution is 7.92. The molecule has 0 aromatic heterocycles. The molecule has 0 aliphatic rings. The summed E-state index contributed by atoms with van der Waals surface area (Å²) in [5, 5.41) is 3.57. The van der Waals surface area contributed by atoms with Gasteiger partial charge < -0.3 is 15.0 Å². The van der Waals surface area contributed by atoms with Gasteiger partial charge in [-0.1, -0.05) is 49.7 Å². The molecule has 2 unspecified atom stereocenters. The van der Waals surface area contributed by atoms with Crippen LogP contribution in [0.1, 0.15) is 52.0 Å². The second-order valence-corrected chi connectivity index (χ2v) is 11.3. The van der Waals surface area contributed by atoms with E-state index in [0.717, 1.165) is 18.2 Å². The number of nitrogens with zero attached hydrogens (tertiary/aromatic N) is 2. The second-order valence-electron chi connectivity index (χ2n) is 9.00. The Morgan fingerprint density at radius 1 is 1.05 bits per heavy atom. The number of benzene rings is 2. The van der Waals surface area contributed by atoms with Gasteiger partial charge in [-0.15, -0.1) is 0 Å². The molecule has 0 heterocycles. The van der Waals surface area contributed by atoms with Crippen LogP contribution < -0.4 is 14.4 Å². The molecule has 204 valence electrons. The summed E-state index contributed by atoms with van der Waals surface area (Å²) in [5.41, 5.74) is 1.26. The van der Waals surface area contributed by atoms with Crippen molar-refractivity contribution in [2.75, 3.05) is 24.2 Å². The fourth-order valence-corrected chi connectivity index (χ4v) is 5.06. The summed E-state index contributed by atoms with van der Waals surface area (Å²) in [6.07, 6.45) is 2.68. The van der Waals surface area contributed by atoms with Crippen LogP contribution in [-0.2, 0) is 26.2 Å². The van der Waals surface area contributed by atoms with E-state index in [-0.39, 0.29) is 43.8 Å². The summed E-state index contributed by atoms with van der Waals surface area (Å²) in [5.74, 6) is -0.00287. The molecular formula is C27H38ClN3O5S. The number of methoxy groups -OCH3 is 1. The fraction of sp³-hybridized carbons (Fsp3) is 0.481. The second kappa shape index (κ2) is 14.2. The largest absolute Gasteiger partial charge is 0.495 e. The Bertz CT molecular complexity index is 1140. The van der Waals surface area contributed by atoms with Crippen molar-refractivity contribution in [3.8, 4) is 5.75 Å². The summed E-state index contributed by atoms with van der Waals surface area (Å²) in [6.45, 7) is 6.11. The van der Waals surface area contributed by atoms with Crippen molar-refractivity contribution in [2.24, 2.45) is 0 Å². The van der Waals surface area contributed by atoms with Gasteiger partial charge in [-0.2, -0.15) is 0 Å². The van der Waals surface area contributed by atoms with Gasteiger partial charge in [0.05, 0.1) is 19.1 Å². The van der Waals surface area contributed by atoms with Gasteiger partial charge >= 0.3 is 0 Å². The van der Waals surface area contributed by atoms with Crippen LogP contribution in [0.25, 0.3) is 0 Å². The first kappa shape index (κ1) is 30.4. The van der Waals surface area contributed by atoms with Gasteiger partial charge in [0, 0.05) is 30.6 Å². The van der Waals surface area contributed by atoms with Crippen LogP contribution in [0, 0.1) is 0 Å². The predicted molar refractivity (Wildman–Crippen MR) is 148 cm³/mol. The van der Waals surface area contributed by atoms with Crippen LogP contribution in [0.2, 0.25) is 5.02 Å². The number of para-hydroxylation sites is 2. The lowest BCUT2D eigenvalue weighted by atomic mass is 10.1. The van der Waals surface area contributed by atoms with Crippen molar-refractivity contribution in [3.05, 3.63) is 59.1 Å². The number of halogens is 1. The molecule has 37 heavy (non-hydrogen) atoms. The number of sulfonamides is 1. The molecule has 2 aromatic carbocycles. The highest BCUT2D eigenvalue weighted by atomic mass is 35.5. The van der Waals surface area contributed by atoms with Crippen molar-refractivity contribution >= 4 is 39.1 Å². The number of nitrogens with one attached hydrogen (secondary N) is 1. The molecule has 0 bridgehead atoms. The highest BCUT2D eigenvalue weighted by Gasteiger charge is 2.29. The summed E-state index contributed by atoms with van der Waals surface area (Å²) in [4.78, 5) is 28.1. The maximum atomic E-state index is 13.5. The summed E-state index contributed by atoms with van der Waals surface area (Å²) in [6, 6.07) is 13.3. The van der Waals surface area contributed by atoms with E-state index in [9.17, 15) is 18.0 Å². The Morgan fingerprint density at radius 3 is 2.27 bits per heavy atom. The molecule has 0 radical (unpaired) electrons. The van der Waals surface area contributed by atoms with Gasteiger partial charge in [-0.3, -0.25) is 13.9 Å². The van der Waals surface area contributed by atoms with Gasteiger partial charge in [0.1, 0.15) is 11.8 Å². The first-order chi connectivity index (χ1) is 17.5. The molecule has 1 N–H and O–H groups in total. The van der Waals surface area contributed by atoms with E-state index in [1.165, 1.54) is 11.4 Å². The molecule has 0 fully saturated rings. The van der Waals surface area contributed by atoms with Crippen molar-refractivity contribution in [1.29, 1.82) is 0 Å². The third-order valence-electron chi connectivity index (χ3n) is 6.16. The van der Waals surface area contributed by atoms with Gasteiger partial charge in [0.2, 0.25) is 21.8 Å². The quantitative estimate of drug-likeness (QED) is 0.370. The minimum Gasteiger partial charge on any atom is -0.495 e. The normalized spacial score (nSPS) is 12.9. The van der Waals surface area contributed by atoms with Crippen LogP contribution in [0.3, 0.4) is 0 Å². The van der Waals surface area contributed by atoms with Crippen LogP contribution in [0.5, 0.6) is 5.75 Å². The Morgan fingerprint density at radius 2 is 1.70 bits per heavy atom. The zero-order valence-electron chi connectivity index (χ0n) is 22.2. The lowest BCUT2D eigenvalue weighted by Crippen LogP contribution is -2.50. The van der Waals surface area contributed by atoms with E-state index in [1.54, 1.807) is 41.3 Å². The third kappa shape index (κ3) is 8.93. The van der Waals surface area contributed by atoms with E-state index in [2.05, 4.69) is 5.32 Å². The summed E-state index contributed by atoms with van der Waals surface area (Å²) < 4.78 is 31.7. The molecule has 0 saturated heterocycles. The minimum atomic E-state index is -3.62. The lowest BCUT2D eigenvalue weighted by molar-refractivity contribution is -0.141. The van der Waals surface area contributed by atoms with Crippen molar-refractivity contribution in [2.45, 2.75) is 65.1 Å². The van der Waals surface area contributed by atoms with E-state index in [4.69, 9.17) is 16.3 Å². The lowest BCUT2D eigenvalue weighted by Gasteiger charge is -2.32. The number of anilines is 1. The third-order valence-corrected chi connectivity index (χ3v) is 7.59.